The molecule has 10 heteroatoms. The second kappa shape index (κ2) is 7.67. The lowest BCUT2D eigenvalue weighted by molar-refractivity contribution is -0.141. The number of benzene rings is 1. The SMILES string of the molecule is COc1ccc(Cl)cc1C(=O)N1CCN(c2ccnc(C(F)(F)F)c2)C(=O)C1. The van der Waals surface area contributed by atoms with Crippen LogP contribution in [0.15, 0.2) is 36.5 Å². The van der Waals surface area contributed by atoms with E-state index in [0.717, 1.165) is 12.3 Å². The highest BCUT2D eigenvalue weighted by Gasteiger charge is 2.34. The summed E-state index contributed by atoms with van der Waals surface area (Å²) >= 11 is 5.94. The van der Waals surface area contributed by atoms with Crippen LogP contribution in [-0.4, -0.2) is 48.4 Å². The summed E-state index contributed by atoms with van der Waals surface area (Å²) in [6, 6.07) is 6.70. The maximum Gasteiger partial charge on any atom is 0.433 e. The van der Waals surface area contributed by atoms with Crippen molar-refractivity contribution in [2.75, 3.05) is 31.6 Å². The Kier molecular flexibility index (Phi) is 5.46. The molecule has 1 aliphatic heterocycles. The van der Waals surface area contributed by atoms with Crippen molar-refractivity contribution in [2.45, 2.75) is 6.18 Å². The number of anilines is 1. The molecule has 0 aliphatic carbocycles. The molecule has 2 heterocycles. The van der Waals surface area contributed by atoms with Crippen LogP contribution in [0.1, 0.15) is 16.1 Å². The fraction of sp³-hybridized carbons (Fsp3) is 0.278. The van der Waals surface area contributed by atoms with Gasteiger partial charge < -0.3 is 14.5 Å². The fourth-order valence-corrected chi connectivity index (χ4v) is 3.05. The summed E-state index contributed by atoms with van der Waals surface area (Å²) in [4.78, 5) is 31.1. The quantitative estimate of drug-likeness (QED) is 0.775. The number of carbonyl (C=O) groups is 2. The van der Waals surface area contributed by atoms with E-state index < -0.39 is 23.7 Å². The Labute approximate surface area is 163 Å². The molecule has 0 atom stereocenters. The maximum absolute atomic E-state index is 12.9. The van der Waals surface area contributed by atoms with Crippen molar-refractivity contribution in [1.29, 1.82) is 0 Å². The lowest BCUT2D eigenvalue weighted by Crippen LogP contribution is -2.52. The number of methoxy groups -OCH3 is 1. The molecule has 2 aromatic rings. The first-order chi connectivity index (χ1) is 13.2. The van der Waals surface area contributed by atoms with Crippen LogP contribution < -0.4 is 9.64 Å². The first-order valence-corrected chi connectivity index (χ1v) is 8.55. The molecule has 1 fully saturated rings. The summed E-state index contributed by atoms with van der Waals surface area (Å²) in [6.45, 7) is -0.0865. The second-order valence-electron chi connectivity index (χ2n) is 6.01. The number of piperazine rings is 1. The molecule has 2 amide bonds. The van der Waals surface area contributed by atoms with Gasteiger partial charge in [0.25, 0.3) is 5.91 Å². The highest BCUT2D eigenvalue weighted by molar-refractivity contribution is 6.31. The van der Waals surface area contributed by atoms with Gasteiger partial charge >= 0.3 is 6.18 Å². The van der Waals surface area contributed by atoms with Crippen molar-refractivity contribution < 1.29 is 27.5 Å². The van der Waals surface area contributed by atoms with E-state index in [1.54, 1.807) is 12.1 Å². The number of pyridine rings is 1. The minimum Gasteiger partial charge on any atom is -0.496 e. The van der Waals surface area contributed by atoms with Gasteiger partial charge in [-0.25, -0.2) is 0 Å². The molecule has 148 valence electrons. The zero-order valence-corrected chi connectivity index (χ0v) is 15.4. The van der Waals surface area contributed by atoms with Gasteiger partial charge in [-0.3, -0.25) is 14.6 Å². The van der Waals surface area contributed by atoms with E-state index in [4.69, 9.17) is 16.3 Å². The van der Waals surface area contributed by atoms with Crippen LogP contribution in [-0.2, 0) is 11.0 Å². The van der Waals surface area contributed by atoms with Crippen LogP contribution in [0.25, 0.3) is 0 Å². The Morgan fingerprint density at radius 3 is 2.61 bits per heavy atom. The topological polar surface area (TPSA) is 62.7 Å². The first kappa shape index (κ1) is 19.9. The Balaban J connectivity index is 1.78. The average molecular weight is 414 g/mol. The van der Waals surface area contributed by atoms with Gasteiger partial charge in [0.05, 0.1) is 12.7 Å². The van der Waals surface area contributed by atoms with Gasteiger partial charge in [0, 0.05) is 30.0 Å². The van der Waals surface area contributed by atoms with Gasteiger partial charge in [-0.05, 0) is 30.3 Å². The van der Waals surface area contributed by atoms with E-state index in [2.05, 4.69) is 4.98 Å². The van der Waals surface area contributed by atoms with Crippen LogP contribution in [0.5, 0.6) is 5.75 Å². The Bertz CT molecular complexity index is 920. The number of rotatable bonds is 3. The van der Waals surface area contributed by atoms with Crippen molar-refractivity contribution in [2.24, 2.45) is 0 Å². The van der Waals surface area contributed by atoms with Crippen LogP contribution in [0.2, 0.25) is 5.02 Å². The van der Waals surface area contributed by atoms with E-state index in [1.165, 1.54) is 29.0 Å². The molecule has 0 bridgehead atoms. The van der Waals surface area contributed by atoms with Gasteiger partial charge in [-0.1, -0.05) is 11.6 Å². The molecule has 0 N–H and O–H groups in total. The minimum absolute atomic E-state index is 0.0504. The lowest BCUT2D eigenvalue weighted by Gasteiger charge is -2.34. The van der Waals surface area contributed by atoms with Gasteiger partial charge in [-0.15, -0.1) is 0 Å². The molecule has 6 nitrogen and oxygen atoms in total. The number of aromatic nitrogens is 1. The lowest BCUT2D eigenvalue weighted by atomic mass is 10.1. The highest BCUT2D eigenvalue weighted by Crippen LogP contribution is 2.30. The van der Waals surface area contributed by atoms with Crippen LogP contribution >= 0.6 is 11.6 Å². The third-order valence-corrected chi connectivity index (χ3v) is 4.48. The molecule has 0 unspecified atom stereocenters. The monoisotopic (exact) mass is 413 g/mol. The summed E-state index contributed by atoms with van der Waals surface area (Å²) < 4.78 is 43.7. The summed E-state index contributed by atoms with van der Waals surface area (Å²) in [5, 5.41) is 0.338. The van der Waals surface area contributed by atoms with Crippen LogP contribution in [0.3, 0.4) is 0 Å². The summed E-state index contributed by atoms with van der Waals surface area (Å²) in [5.74, 6) is -0.633. The largest absolute Gasteiger partial charge is 0.496 e. The van der Waals surface area contributed by atoms with Gasteiger partial charge in [0.2, 0.25) is 5.91 Å². The van der Waals surface area contributed by atoms with Crippen molar-refractivity contribution in [1.82, 2.24) is 9.88 Å². The molecular weight excluding hydrogens is 399 g/mol. The molecule has 0 saturated carbocycles. The first-order valence-electron chi connectivity index (χ1n) is 8.17. The van der Waals surface area contributed by atoms with E-state index >= 15 is 0 Å². The average Bonchev–Trinajstić information content (AvgIpc) is 2.66. The molecule has 1 aromatic heterocycles. The Morgan fingerprint density at radius 2 is 1.96 bits per heavy atom. The summed E-state index contributed by atoms with van der Waals surface area (Å²) in [6.07, 6.45) is -3.61. The number of hydrogen-bond donors (Lipinski definition) is 0. The van der Waals surface area contributed by atoms with E-state index in [-0.39, 0.29) is 30.9 Å². The zero-order valence-electron chi connectivity index (χ0n) is 14.7. The minimum atomic E-state index is -4.61. The van der Waals surface area contributed by atoms with E-state index in [1.807, 2.05) is 0 Å². The molecular formula is C18H15ClF3N3O3. The number of ether oxygens (including phenoxy) is 1. The number of halogens is 4. The highest BCUT2D eigenvalue weighted by atomic mass is 35.5. The predicted molar refractivity (Wildman–Crippen MR) is 95.5 cm³/mol. The standard InChI is InChI=1S/C18H15ClF3N3O3/c1-28-14-3-2-11(19)8-13(14)17(27)24-6-7-25(16(26)10-24)12-4-5-23-15(9-12)18(20,21)22/h2-5,8-9H,6-7,10H2,1H3. The van der Waals surface area contributed by atoms with Crippen molar-refractivity contribution in [3.05, 3.63) is 52.8 Å². The van der Waals surface area contributed by atoms with E-state index in [0.29, 0.717) is 10.8 Å². The molecule has 0 radical (unpaired) electrons. The van der Waals surface area contributed by atoms with Gasteiger partial charge in [-0.2, -0.15) is 13.2 Å². The summed E-state index contributed by atoms with van der Waals surface area (Å²) in [7, 11) is 1.41. The number of amides is 2. The molecule has 0 spiro atoms. The number of carbonyl (C=O) groups excluding carboxylic acids is 2. The van der Waals surface area contributed by atoms with Crippen LogP contribution in [0, 0.1) is 0 Å². The van der Waals surface area contributed by atoms with Gasteiger partial charge in [0.1, 0.15) is 18.0 Å². The number of alkyl halides is 3. The Hall–Kier alpha value is -2.81. The summed E-state index contributed by atoms with van der Waals surface area (Å²) in [5.41, 5.74) is -0.792. The zero-order chi connectivity index (χ0) is 20.5. The van der Waals surface area contributed by atoms with Crippen molar-refractivity contribution in [3.8, 4) is 5.75 Å². The number of nitrogens with zero attached hydrogens (tertiary/aromatic N) is 3. The fourth-order valence-electron chi connectivity index (χ4n) is 2.88. The maximum atomic E-state index is 12.9. The molecule has 28 heavy (non-hydrogen) atoms. The van der Waals surface area contributed by atoms with Crippen LogP contribution in [0.4, 0.5) is 18.9 Å². The van der Waals surface area contributed by atoms with Gasteiger partial charge in [0.15, 0.2) is 0 Å². The van der Waals surface area contributed by atoms with Crippen molar-refractivity contribution >= 4 is 29.1 Å². The normalized spacial score (nSPS) is 15.0. The Morgan fingerprint density at radius 1 is 1.21 bits per heavy atom. The smallest absolute Gasteiger partial charge is 0.433 e. The molecule has 3 rings (SSSR count). The van der Waals surface area contributed by atoms with Crippen molar-refractivity contribution in [3.63, 3.8) is 0 Å². The third kappa shape index (κ3) is 4.04. The predicted octanol–water partition coefficient (Wildman–Crippen LogP) is 3.25. The molecule has 1 aliphatic rings. The second-order valence-corrected chi connectivity index (χ2v) is 6.45. The van der Waals surface area contributed by atoms with E-state index in [9.17, 15) is 22.8 Å². The third-order valence-electron chi connectivity index (χ3n) is 4.25. The molecule has 1 saturated heterocycles. The number of hydrogen-bond acceptors (Lipinski definition) is 4. The molecule has 1 aromatic carbocycles.